The van der Waals surface area contributed by atoms with Crippen LogP contribution in [-0.4, -0.2) is 17.4 Å². The largest absolute Gasteiger partial charge is 0.397 e. The molecule has 1 fully saturated rings. The molecule has 2 heterocycles. The van der Waals surface area contributed by atoms with Gasteiger partial charge in [-0.25, -0.2) is 0 Å². The molecule has 0 aliphatic carbocycles. The maximum atomic E-state index is 11.3. The number of nitrogens with two attached hydrogens (primary N) is 1. The number of nitrogens with zero attached hydrogens (tertiary/aromatic N) is 1. The summed E-state index contributed by atoms with van der Waals surface area (Å²) in [5.41, 5.74) is 8.41. The van der Waals surface area contributed by atoms with Gasteiger partial charge in [0.25, 0.3) is 0 Å². The van der Waals surface area contributed by atoms with Gasteiger partial charge in [-0.15, -0.1) is 0 Å². The molecule has 4 heteroatoms. The van der Waals surface area contributed by atoms with Gasteiger partial charge < -0.3 is 11.1 Å². The lowest BCUT2D eigenvalue weighted by Crippen LogP contribution is -2.33. The van der Waals surface area contributed by atoms with Crippen LogP contribution in [0.2, 0.25) is 0 Å². The predicted octanol–water partition coefficient (Wildman–Crippen LogP) is 0.966. The van der Waals surface area contributed by atoms with Crippen LogP contribution >= 0.6 is 0 Å². The van der Waals surface area contributed by atoms with Crippen molar-refractivity contribution in [3.63, 3.8) is 0 Å². The van der Waals surface area contributed by atoms with E-state index in [0.717, 1.165) is 24.2 Å². The van der Waals surface area contributed by atoms with E-state index in [2.05, 4.69) is 10.3 Å². The van der Waals surface area contributed by atoms with Crippen molar-refractivity contribution in [3.05, 3.63) is 23.5 Å². The number of carbonyl (C=O) groups excluding carboxylic acids is 1. The van der Waals surface area contributed by atoms with Crippen LogP contribution < -0.4 is 11.1 Å². The number of anilines is 1. The molecule has 80 valence electrons. The van der Waals surface area contributed by atoms with Crippen molar-refractivity contribution in [2.24, 2.45) is 0 Å². The smallest absolute Gasteiger partial charge is 0.220 e. The maximum Gasteiger partial charge on any atom is 0.220 e. The second-order valence-electron chi connectivity index (χ2n) is 4.01. The van der Waals surface area contributed by atoms with E-state index in [0.29, 0.717) is 12.1 Å². The van der Waals surface area contributed by atoms with E-state index in [1.165, 1.54) is 0 Å². The lowest BCUT2D eigenvalue weighted by molar-refractivity contribution is -0.122. The number of aryl methyl sites for hydroxylation is 1. The van der Waals surface area contributed by atoms with Crippen molar-refractivity contribution in [2.75, 3.05) is 12.3 Å². The average molecular weight is 205 g/mol. The van der Waals surface area contributed by atoms with Gasteiger partial charge in [-0.3, -0.25) is 9.78 Å². The van der Waals surface area contributed by atoms with Gasteiger partial charge >= 0.3 is 0 Å². The average Bonchev–Trinajstić information content (AvgIpc) is 2.17. The molecule has 0 saturated carbocycles. The van der Waals surface area contributed by atoms with Crippen LogP contribution in [0.1, 0.15) is 30.0 Å². The van der Waals surface area contributed by atoms with Gasteiger partial charge in [-0.1, -0.05) is 0 Å². The Morgan fingerprint density at radius 1 is 1.60 bits per heavy atom. The zero-order valence-corrected chi connectivity index (χ0v) is 8.79. The molecule has 2 rings (SSSR count). The van der Waals surface area contributed by atoms with Crippen LogP contribution in [0, 0.1) is 6.92 Å². The molecule has 1 atom stereocenters. The minimum atomic E-state index is 0.115. The highest BCUT2D eigenvalue weighted by atomic mass is 16.1. The number of aromatic nitrogens is 1. The Morgan fingerprint density at radius 3 is 3.07 bits per heavy atom. The first-order chi connectivity index (χ1) is 7.16. The van der Waals surface area contributed by atoms with Crippen LogP contribution in [0.15, 0.2) is 12.3 Å². The van der Waals surface area contributed by atoms with Crippen LogP contribution in [0.3, 0.4) is 0 Å². The first-order valence-electron chi connectivity index (χ1n) is 5.15. The SMILES string of the molecule is Cc1cc(N)cnc1[C@@H]1CCNC(=O)C1. The molecule has 1 amide bonds. The Kier molecular flexibility index (Phi) is 2.58. The van der Waals surface area contributed by atoms with Crippen molar-refractivity contribution in [2.45, 2.75) is 25.7 Å². The van der Waals surface area contributed by atoms with Crippen LogP contribution in [-0.2, 0) is 4.79 Å². The lowest BCUT2D eigenvalue weighted by atomic mass is 9.91. The monoisotopic (exact) mass is 205 g/mol. The quantitative estimate of drug-likeness (QED) is 0.717. The van der Waals surface area contributed by atoms with Gasteiger partial charge in [-0.2, -0.15) is 0 Å². The van der Waals surface area contributed by atoms with E-state index in [9.17, 15) is 4.79 Å². The van der Waals surface area contributed by atoms with Crippen molar-refractivity contribution >= 4 is 11.6 Å². The third kappa shape index (κ3) is 2.09. The summed E-state index contributed by atoms with van der Waals surface area (Å²) in [5.74, 6) is 0.364. The Bertz CT molecular complexity index is 389. The minimum Gasteiger partial charge on any atom is -0.397 e. The predicted molar refractivity (Wildman–Crippen MR) is 58.4 cm³/mol. The fraction of sp³-hybridized carbons (Fsp3) is 0.455. The fourth-order valence-electron chi connectivity index (χ4n) is 2.05. The number of hydrogen-bond donors (Lipinski definition) is 2. The molecule has 1 saturated heterocycles. The van der Waals surface area contributed by atoms with Gasteiger partial charge in [0, 0.05) is 24.6 Å². The van der Waals surface area contributed by atoms with E-state index in [1.54, 1.807) is 6.20 Å². The van der Waals surface area contributed by atoms with Gasteiger partial charge in [-0.05, 0) is 25.0 Å². The molecule has 0 bridgehead atoms. The van der Waals surface area contributed by atoms with Crippen LogP contribution in [0.4, 0.5) is 5.69 Å². The Balaban J connectivity index is 2.24. The number of rotatable bonds is 1. The van der Waals surface area contributed by atoms with Crippen LogP contribution in [0.5, 0.6) is 0 Å². The van der Waals surface area contributed by atoms with Gasteiger partial charge in [0.05, 0.1) is 11.9 Å². The van der Waals surface area contributed by atoms with Crippen molar-refractivity contribution < 1.29 is 4.79 Å². The lowest BCUT2D eigenvalue weighted by Gasteiger charge is -2.22. The number of nitrogen functional groups attached to an aromatic ring is 1. The first kappa shape index (κ1) is 9.96. The molecule has 1 aromatic heterocycles. The van der Waals surface area contributed by atoms with Gasteiger partial charge in [0.15, 0.2) is 0 Å². The summed E-state index contributed by atoms with van der Waals surface area (Å²) in [4.78, 5) is 15.6. The Morgan fingerprint density at radius 2 is 2.40 bits per heavy atom. The number of carbonyl (C=O) groups is 1. The van der Waals surface area contributed by atoms with Crippen LogP contribution in [0.25, 0.3) is 0 Å². The number of pyridine rings is 1. The second-order valence-corrected chi connectivity index (χ2v) is 4.01. The minimum absolute atomic E-state index is 0.115. The first-order valence-corrected chi connectivity index (χ1v) is 5.15. The molecule has 0 unspecified atom stereocenters. The topological polar surface area (TPSA) is 68.0 Å². The van der Waals surface area contributed by atoms with E-state index in [4.69, 9.17) is 5.73 Å². The van der Waals surface area contributed by atoms with Crippen molar-refractivity contribution in [1.29, 1.82) is 0 Å². The van der Waals surface area contributed by atoms with E-state index >= 15 is 0 Å². The summed E-state index contributed by atoms with van der Waals surface area (Å²) in [5, 5.41) is 2.82. The zero-order valence-electron chi connectivity index (χ0n) is 8.79. The maximum absolute atomic E-state index is 11.3. The third-order valence-electron chi connectivity index (χ3n) is 2.77. The summed E-state index contributed by atoms with van der Waals surface area (Å²) in [6.45, 7) is 2.74. The third-order valence-corrected chi connectivity index (χ3v) is 2.77. The Labute approximate surface area is 88.9 Å². The molecule has 1 aliphatic rings. The fourth-order valence-corrected chi connectivity index (χ4v) is 2.05. The molecule has 1 aromatic rings. The molecule has 4 nitrogen and oxygen atoms in total. The highest BCUT2D eigenvalue weighted by molar-refractivity contribution is 5.77. The van der Waals surface area contributed by atoms with Gasteiger partial charge in [0.1, 0.15) is 0 Å². The van der Waals surface area contributed by atoms with Crippen molar-refractivity contribution in [3.8, 4) is 0 Å². The zero-order chi connectivity index (χ0) is 10.8. The summed E-state index contributed by atoms with van der Waals surface area (Å²) in [7, 11) is 0. The number of piperidine rings is 1. The number of hydrogen-bond acceptors (Lipinski definition) is 3. The summed E-state index contributed by atoms with van der Waals surface area (Å²) < 4.78 is 0. The molecule has 0 spiro atoms. The second kappa shape index (κ2) is 3.88. The van der Waals surface area contributed by atoms with E-state index in [-0.39, 0.29) is 11.8 Å². The van der Waals surface area contributed by atoms with E-state index < -0.39 is 0 Å². The molecule has 15 heavy (non-hydrogen) atoms. The molecule has 0 aromatic carbocycles. The normalized spacial score (nSPS) is 21.1. The standard InChI is InChI=1S/C11H15N3O/c1-7-4-9(12)6-14-11(7)8-2-3-13-10(15)5-8/h4,6,8H,2-3,5,12H2,1H3,(H,13,15)/t8-/m1/s1. The molecular weight excluding hydrogens is 190 g/mol. The van der Waals surface area contributed by atoms with E-state index in [1.807, 2.05) is 13.0 Å². The highest BCUT2D eigenvalue weighted by Crippen LogP contribution is 2.27. The molecular formula is C11H15N3O. The highest BCUT2D eigenvalue weighted by Gasteiger charge is 2.22. The summed E-state index contributed by atoms with van der Waals surface area (Å²) in [6, 6.07) is 1.91. The summed E-state index contributed by atoms with van der Waals surface area (Å²) in [6.07, 6.45) is 3.16. The number of amides is 1. The molecule has 0 radical (unpaired) electrons. The molecule has 1 aliphatic heterocycles. The molecule has 3 N–H and O–H groups in total. The Hall–Kier alpha value is -1.58. The number of nitrogens with one attached hydrogen (secondary N) is 1. The van der Waals surface area contributed by atoms with Crippen molar-refractivity contribution in [1.82, 2.24) is 10.3 Å². The summed E-state index contributed by atoms with van der Waals surface area (Å²) >= 11 is 0. The van der Waals surface area contributed by atoms with Gasteiger partial charge in [0.2, 0.25) is 5.91 Å².